The van der Waals surface area contributed by atoms with E-state index in [-0.39, 0.29) is 4.90 Å². The molecule has 3 aromatic rings. The van der Waals surface area contributed by atoms with Gasteiger partial charge in [0.1, 0.15) is 5.82 Å². The molecule has 0 radical (unpaired) electrons. The van der Waals surface area contributed by atoms with Gasteiger partial charge in [-0.1, -0.05) is 17.4 Å². The van der Waals surface area contributed by atoms with E-state index in [2.05, 4.69) is 9.71 Å². The molecule has 1 aromatic heterocycles. The molecule has 0 unspecified atom stereocenters. The van der Waals surface area contributed by atoms with Crippen LogP contribution >= 0.6 is 11.3 Å². The lowest BCUT2D eigenvalue weighted by atomic mass is 10.1. The summed E-state index contributed by atoms with van der Waals surface area (Å²) >= 11 is 1.28. The summed E-state index contributed by atoms with van der Waals surface area (Å²) in [5.74, 6) is -0.481. The van der Waals surface area contributed by atoms with Gasteiger partial charge in [-0.05, 0) is 55.3 Å². The van der Waals surface area contributed by atoms with Crippen LogP contribution in [-0.4, -0.2) is 13.4 Å². The number of anilines is 1. The third-order valence-corrected chi connectivity index (χ3v) is 5.77. The first kappa shape index (κ1) is 14.9. The van der Waals surface area contributed by atoms with E-state index in [1.807, 2.05) is 26.0 Å². The Bertz CT molecular complexity index is 948. The quantitative estimate of drug-likeness (QED) is 0.790. The molecule has 7 heteroatoms. The van der Waals surface area contributed by atoms with Crippen molar-refractivity contribution < 1.29 is 12.8 Å². The van der Waals surface area contributed by atoms with E-state index >= 15 is 0 Å². The van der Waals surface area contributed by atoms with E-state index in [0.717, 1.165) is 33.5 Å². The Kier molecular flexibility index (Phi) is 3.62. The normalized spacial score (nSPS) is 11.8. The summed E-state index contributed by atoms with van der Waals surface area (Å²) in [4.78, 5) is 4.32. The number of sulfonamides is 1. The monoisotopic (exact) mass is 336 g/mol. The maximum absolute atomic E-state index is 12.9. The zero-order chi connectivity index (χ0) is 15.9. The summed E-state index contributed by atoms with van der Waals surface area (Å²) in [7, 11) is -3.77. The maximum Gasteiger partial charge on any atom is 0.263 e. The van der Waals surface area contributed by atoms with Gasteiger partial charge in [-0.25, -0.2) is 17.8 Å². The number of aryl methyl sites for hydroxylation is 2. The second kappa shape index (κ2) is 5.33. The van der Waals surface area contributed by atoms with Crippen LogP contribution in [0, 0.1) is 19.7 Å². The summed E-state index contributed by atoms with van der Waals surface area (Å²) in [5, 5.41) is 0.299. The van der Waals surface area contributed by atoms with Crippen molar-refractivity contribution in [2.45, 2.75) is 18.7 Å². The van der Waals surface area contributed by atoms with E-state index in [1.165, 1.54) is 23.5 Å². The number of rotatable bonds is 3. The van der Waals surface area contributed by atoms with Gasteiger partial charge in [0, 0.05) is 0 Å². The number of halogens is 1. The summed E-state index contributed by atoms with van der Waals surface area (Å²) < 4.78 is 40.8. The third kappa shape index (κ3) is 2.82. The Labute approximate surface area is 131 Å². The molecule has 2 aromatic carbocycles. The molecular weight excluding hydrogens is 323 g/mol. The number of aromatic nitrogens is 1. The second-order valence-corrected chi connectivity index (χ2v) is 7.69. The molecule has 0 saturated carbocycles. The minimum atomic E-state index is -3.77. The van der Waals surface area contributed by atoms with Gasteiger partial charge >= 0.3 is 0 Å². The van der Waals surface area contributed by atoms with Gasteiger partial charge in [0.15, 0.2) is 5.13 Å². The zero-order valence-corrected chi connectivity index (χ0v) is 13.6. The Morgan fingerprint density at radius 1 is 1.14 bits per heavy atom. The highest BCUT2D eigenvalue weighted by Gasteiger charge is 2.17. The second-order valence-electron chi connectivity index (χ2n) is 5.01. The molecule has 4 nitrogen and oxygen atoms in total. The fourth-order valence-corrected chi connectivity index (χ4v) is 4.36. The Hall–Kier alpha value is -1.99. The Morgan fingerprint density at radius 2 is 1.82 bits per heavy atom. The van der Waals surface area contributed by atoms with Gasteiger partial charge in [0.2, 0.25) is 0 Å². The topological polar surface area (TPSA) is 59.1 Å². The van der Waals surface area contributed by atoms with Crippen molar-refractivity contribution >= 4 is 36.7 Å². The highest BCUT2D eigenvalue weighted by atomic mass is 32.2. The van der Waals surface area contributed by atoms with Gasteiger partial charge in [-0.15, -0.1) is 0 Å². The number of nitrogens with zero attached hydrogens (tertiary/aromatic N) is 1. The van der Waals surface area contributed by atoms with Crippen molar-refractivity contribution in [2.24, 2.45) is 0 Å². The average Bonchev–Trinajstić information content (AvgIpc) is 2.81. The van der Waals surface area contributed by atoms with Crippen LogP contribution < -0.4 is 4.72 Å². The lowest BCUT2D eigenvalue weighted by Gasteiger charge is -2.04. The van der Waals surface area contributed by atoms with Crippen LogP contribution in [0.25, 0.3) is 10.2 Å². The first-order valence-corrected chi connectivity index (χ1v) is 8.81. The lowest BCUT2D eigenvalue weighted by Crippen LogP contribution is -2.12. The van der Waals surface area contributed by atoms with E-state index in [0.29, 0.717) is 5.13 Å². The Morgan fingerprint density at radius 3 is 2.50 bits per heavy atom. The number of hydrogen-bond acceptors (Lipinski definition) is 4. The highest BCUT2D eigenvalue weighted by Crippen LogP contribution is 2.31. The molecule has 0 atom stereocenters. The van der Waals surface area contributed by atoms with Crippen molar-refractivity contribution in [2.75, 3.05) is 4.72 Å². The molecule has 0 aliphatic rings. The van der Waals surface area contributed by atoms with E-state index in [9.17, 15) is 12.8 Å². The van der Waals surface area contributed by atoms with Crippen molar-refractivity contribution in [3.05, 3.63) is 53.3 Å². The first-order chi connectivity index (χ1) is 10.3. The SMILES string of the molecule is Cc1cc(C)c2sc(NS(=O)(=O)c3ccc(F)cc3)nc2c1. The zero-order valence-electron chi connectivity index (χ0n) is 11.9. The number of fused-ring (bicyclic) bond motifs is 1. The molecule has 3 rings (SSSR count). The predicted octanol–water partition coefficient (Wildman–Crippen LogP) is 3.85. The molecule has 0 saturated heterocycles. The number of benzene rings is 2. The minimum Gasteiger partial charge on any atom is -0.255 e. The number of hydrogen-bond donors (Lipinski definition) is 1. The van der Waals surface area contributed by atoms with Crippen LogP contribution in [0.4, 0.5) is 9.52 Å². The molecule has 22 heavy (non-hydrogen) atoms. The summed E-state index contributed by atoms with van der Waals surface area (Å²) in [5.41, 5.74) is 2.89. The van der Waals surface area contributed by atoms with Crippen LogP contribution in [0.15, 0.2) is 41.3 Å². The molecule has 0 amide bonds. The van der Waals surface area contributed by atoms with Crippen molar-refractivity contribution in [1.82, 2.24) is 4.98 Å². The standard InChI is InChI=1S/C15H13FN2O2S2/c1-9-7-10(2)14-13(8-9)17-15(21-14)18-22(19,20)12-5-3-11(16)4-6-12/h3-8H,1-2H3,(H,17,18). The lowest BCUT2D eigenvalue weighted by molar-refractivity contribution is 0.599. The fourth-order valence-electron chi connectivity index (χ4n) is 2.21. The summed E-state index contributed by atoms with van der Waals surface area (Å²) in [6.45, 7) is 3.93. The van der Waals surface area contributed by atoms with Crippen LogP contribution in [0.3, 0.4) is 0 Å². The largest absolute Gasteiger partial charge is 0.263 e. The molecule has 0 aliphatic carbocycles. The Balaban J connectivity index is 1.98. The van der Waals surface area contributed by atoms with Crippen LogP contribution in [0.1, 0.15) is 11.1 Å². The summed E-state index contributed by atoms with van der Waals surface area (Å²) in [6, 6.07) is 8.61. The number of nitrogens with one attached hydrogen (secondary N) is 1. The van der Waals surface area contributed by atoms with E-state index < -0.39 is 15.8 Å². The highest BCUT2D eigenvalue weighted by molar-refractivity contribution is 7.93. The molecule has 0 bridgehead atoms. The molecular formula is C15H13FN2O2S2. The van der Waals surface area contributed by atoms with Crippen molar-refractivity contribution in [3.8, 4) is 0 Å². The minimum absolute atomic E-state index is 0.000980. The van der Waals surface area contributed by atoms with E-state index in [1.54, 1.807) is 0 Å². The molecule has 1 heterocycles. The third-order valence-electron chi connectivity index (χ3n) is 3.17. The van der Waals surface area contributed by atoms with Gasteiger partial charge in [0.05, 0.1) is 15.1 Å². The molecule has 0 fully saturated rings. The fraction of sp³-hybridized carbons (Fsp3) is 0.133. The van der Waals surface area contributed by atoms with E-state index in [4.69, 9.17) is 0 Å². The van der Waals surface area contributed by atoms with Gasteiger partial charge < -0.3 is 0 Å². The van der Waals surface area contributed by atoms with Crippen LogP contribution in [0.2, 0.25) is 0 Å². The van der Waals surface area contributed by atoms with Gasteiger partial charge in [0.25, 0.3) is 10.0 Å². The summed E-state index contributed by atoms with van der Waals surface area (Å²) in [6.07, 6.45) is 0. The van der Waals surface area contributed by atoms with Crippen LogP contribution in [0.5, 0.6) is 0 Å². The molecule has 114 valence electrons. The van der Waals surface area contributed by atoms with Crippen molar-refractivity contribution in [1.29, 1.82) is 0 Å². The van der Waals surface area contributed by atoms with Crippen molar-refractivity contribution in [3.63, 3.8) is 0 Å². The predicted molar refractivity (Wildman–Crippen MR) is 86.3 cm³/mol. The molecule has 1 N–H and O–H groups in total. The van der Waals surface area contributed by atoms with Gasteiger partial charge in [-0.2, -0.15) is 0 Å². The molecule has 0 aliphatic heterocycles. The first-order valence-electron chi connectivity index (χ1n) is 6.51. The maximum atomic E-state index is 12.9. The average molecular weight is 336 g/mol. The molecule has 0 spiro atoms. The van der Waals surface area contributed by atoms with Crippen LogP contribution in [-0.2, 0) is 10.0 Å². The number of thiazole rings is 1. The smallest absolute Gasteiger partial charge is 0.255 e. The van der Waals surface area contributed by atoms with Gasteiger partial charge in [-0.3, -0.25) is 4.72 Å².